The Morgan fingerprint density at radius 2 is 2.05 bits per heavy atom. The van der Waals surface area contributed by atoms with Gasteiger partial charge in [0.05, 0.1) is 6.10 Å². The number of hydrogen-bond donors (Lipinski definition) is 1. The Bertz CT molecular complexity index is 373. The molecule has 1 saturated heterocycles. The van der Waals surface area contributed by atoms with Crippen molar-refractivity contribution in [2.75, 3.05) is 19.6 Å². The normalized spacial score (nSPS) is 21.7. The molecule has 1 aromatic rings. The van der Waals surface area contributed by atoms with E-state index in [1.165, 1.54) is 37.9 Å². The third kappa shape index (κ3) is 4.32. The molecule has 106 valence electrons. The summed E-state index contributed by atoms with van der Waals surface area (Å²) in [5, 5.41) is 10.2. The first kappa shape index (κ1) is 14.5. The lowest BCUT2D eigenvalue weighted by molar-refractivity contribution is 0.147. The minimum absolute atomic E-state index is 0.314. The summed E-state index contributed by atoms with van der Waals surface area (Å²) in [6.45, 7) is 7.81. The fourth-order valence-corrected chi connectivity index (χ4v) is 3.02. The Morgan fingerprint density at radius 3 is 2.74 bits per heavy atom. The lowest BCUT2D eigenvalue weighted by atomic mass is 10.0. The van der Waals surface area contributed by atoms with Gasteiger partial charge >= 0.3 is 0 Å². The maximum absolute atomic E-state index is 10.2. The Hall–Kier alpha value is -0.860. The van der Waals surface area contributed by atoms with E-state index >= 15 is 0 Å². The van der Waals surface area contributed by atoms with Gasteiger partial charge in [-0.15, -0.1) is 0 Å². The summed E-state index contributed by atoms with van der Waals surface area (Å²) in [5.41, 5.74) is 2.30. The van der Waals surface area contributed by atoms with Gasteiger partial charge in [-0.3, -0.25) is 0 Å². The fourth-order valence-electron chi connectivity index (χ4n) is 3.02. The van der Waals surface area contributed by atoms with Crippen LogP contribution in [-0.2, 0) is 0 Å². The molecule has 1 aliphatic heterocycles. The molecular formula is C17H27NO. The summed E-state index contributed by atoms with van der Waals surface area (Å²) in [7, 11) is 0. The van der Waals surface area contributed by atoms with Crippen LogP contribution >= 0.6 is 0 Å². The van der Waals surface area contributed by atoms with Crippen molar-refractivity contribution in [3.05, 3.63) is 35.4 Å². The Kier molecular flexibility index (Phi) is 5.41. The average molecular weight is 261 g/mol. The smallest absolute Gasteiger partial charge is 0.0802 e. The molecule has 0 radical (unpaired) electrons. The van der Waals surface area contributed by atoms with Crippen LogP contribution in [0.1, 0.15) is 49.8 Å². The number of aliphatic hydroxyl groups excluding tert-OH is 1. The van der Waals surface area contributed by atoms with Gasteiger partial charge in [0, 0.05) is 13.1 Å². The molecule has 1 aliphatic rings. The first-order valence-corrected chi connectivity index (χ1v) is 7.66. The van der Waals surface area contributed by atoms with Crippen molar-refractivity contribution in [2.24, 2.45) is 5.92 Å². The van der Waals surface area contributed by atoms with Crippen molar-refractivity contribution < 1.29 is 5.11 Å². The molecule has 2 unspecified atom stereocenters. The molecule has 0 saturated carbocycles. The highest BCUT2D eigenvalue weighted by atomic mass is 16.3. The highest BCUT2D eigenvalue weighted by Crippen LogP contribution is 2.23. The number of benzene rings is 1. The van der Waals surface area contributed by atoms with Crippen molar-refractivity contribution >= 4 is 0 Å². The van der Waals surface area contributed by atoms with Gasteiger partial charge in [-0.1, -0.05) is 43.2 Å². The number of nitrogens with zero attached hydrogens (tertiary/aromatic N) is 1. The van der Waals surface area contributed by atoms with E-state index in [4.69, 9.17) is 0 Å². The number of hydrogen-bond acceptors (Lipinski definition) is 2. The highest BCUT2D eigenvalue weighted by Gasteiger charge is 2.21. The Morgan fingerprint density at radius 1 is 1.32 bits per heavy atom. The second-order valence-electron chi connectivity index (χ2n) is 5.96. The second kappa shape index (κ2) is 7.06. The zero-order chi connectivity index (χ0) is 13.7. The third-order valence-electron chi connectivity index (χ3n) is 4.25. The van der Waals surface area contributed by atoms with Crippen molar-refractivity contribution in [1.29, 1.82) is 0 Å². The molecule has 2 rings (SSSR count). The van der Waals surface area contributed by atoms with Crippen molar-refractivity contribution in [3.63, 3.8) is 0 Å². The average Bonchev–Trinajstić information content (AvgIpc) is 2.85. The molecular weight excluding hydrogens is 234 g/mol. The first-order chi connectivity index (χ1) is 9.19. The van der Waals surface area contributed by atoms with Crippen molar-refractivity contribution in [3.8, 4) is 0 Å². The predicted molar refractivity (Wildman–Crippen MR) is 80.2 cm³/mol. The molecule has 1 aromatic carbocycles. The van der Waals surface area contributed by atoms with E-state index in [0.29, 0.717) is 0 Å². The van der Waals surface area contributed by atoms with E-state index in [-0.39, 0.29) is 6.10 Å². The largest absolute Gasteiger partial charge is 0.388 e. The maximum Gasteiger partial charge on any atom is 0.0802 e. The molecule has 0 aromatic heterocycles. The van der Waals surface area contributed by atoms with E-state index in [2.05, 4.69) is 30.9 Å². The molecule has 0 aliphatic carbocycles. The molecule has 1 heterocycles. The standard InChI is InChI=1S/C17H27NO/c1-3-4-15-9-11-18(13-15)12-10-17(19)16-7-5-14(2)6-8-16/h5-8,15,17,19H,3-4,9-13H2,1-2H3. The van der Waals surface area contributed by atoms with Gasteiger partial charge in [0.2, 0.25) is 0 Å². The molecule has 19 heavy (non-hydrogen) atoms. The number of rotatable bonds is 6. The Labute approximate surface area is 117 Å². The van der Waals surface area contributed by atoms with Gasteiger partial charge in [0.15, 0.2) is 0 Å². The molecule has 1 fully saturated rings. The quantitative estimate of drug-likeness (QED) is 0.846. The van der Waals surface area contributed by atoms with Gasteiger partial charge in [-0.25, -0.2) is 0 Å². The van der Waals surface area contributed by atoms with Gasteiger partial charge in [-0.05, 0) is 44.2 Å². The van der Waals surface area contributed by atoms with Crippen LogP contribution in [0, 0.1) is 12.8 Å². The van der Waals surface area contributed by atoms with Crippen LogP contribution in [-0.4, -0.2) is 29.6 Å². The molecule has 2 atom stereocenters. The zero-order valence-electron chi connectivity index (χ0n) is 12.3. The van der Waals surface area contributed by atoms with E-state index < -0.39 is 0 Å². The van der Waals surface area contributed by atoms with E-state index in [0.717, 1.165) is 24.4 Å². The number of aryl methyl sites for hydroxylation is 1. The van der Waals surface area contributed by atoms with Crippen molar-refractivity contribution in [2.45, 2.75) is 45.6 Å². The summed E-state index contributed by atoms with van der Waals surface area (Å²) in [5.74, 6) is 0.890. The zero-order valence-corrected chi connectivity index (χ0v) is 12.3. The van der Waals surface area contributed by atoms with Gasteiger partial charge in [0.1, 0.15) is 0 Å². The summed E-state index contributed by atoms with van der Waals surface area (Å²) in [6, 6.07) is 8.24. The molecule has 0 spiro atoms. The molecule has 2 nitrogen and oxygen atoms in total. The van der Waals surface area contributed by atoms with Gasteiger partial charge < -0.3 is 10.0 Å². The Balaban J connectivity index is 1.75. The van der Waals surface area contributed by atoms with E-state index in [1.54, 1.807) is 0 Å². The minimum atomic E-state index is -0.314. The summed E-state index contributed by atoms with van der Waals surface area (Å²) in [6.07, 6.45) is 4.53. The maximum atomic E-state index is 10.2. The lowest BCUT2D eigenvalue weighted by Crippen LogP contribution is -2.23. The third-order valence-corrected chi connectivity index (χ3v) is 4.25. The minimum Gasteiger partial charge on any atom is -0.388 e. The van der Waals surface area contributed by atoms with Crippen LogP contribution < -0.4 is 0 Å². The van der Waals surface area contributed by atoms with Gasteiger partial charge in [-0.2, -0.15) is 0 Å². The second-order valence-corrected chi connectivity index (χ2v) is 5.96. The van der Waals surface area contributed by atoms with Crippen LogP contribution in [0.15, 0.2) is 24.3 Å². The van der Waals surface area contributed by atoms with E-state index in [1.807, 2.05) is 12.1 Å². The van der Waals surface area contributed by atoms with Crippen LogP contribution in [0.3, 0.4) is 0 Å². The molecule has 1 N–H and O–H groups in total. The lowest BCUT2D eigenvalue weighted by Gasteiger charge is -2.18. The van der Waals surface area contributed by atoms with E-state index in [9.17, 15) is 5.11 Å². The SMILES string of the molecule is CCCC1CCN(CCC(O)c2ccc(C)cc2)C1. The van der Waals surface area contributed by atoms with Gasteiger partial charge in [0.25, 0.3) is 0 Å². The molecule has 0 amide bonds. The number of likely N-dealkylation sites (tertiary alicyclic amines) is 1. The van der Waals surface area contributed by atoms with Crippen LogP contribution in [0.4, 0.5) is 0 Å². The van der Waals surface area contributed by atoms with Crippen molar-refractivity contribution in [1.82, 2.24) is 4.90 Å². The topological polar surface area (TPSA) is 23.5 Å². The summed E-state index contributed by atoms with van der Waals surface area (Å²) >= 11 is 0. The van der Waals surface area contributed by atoms with Crippen LogP contribution in [0.25, 0.3) is 0 Å². The molecule has 0 bridgehead atoms. The highest BCUT2D eigenvalue weighted by molar-refractivity contribution is 5.23. The monoisotopic (exact) mass is 261 g/mol. The fraction of sp³-hybridized carbons (Fsp3) is 0.647. The molecule has 2 heteroatoms. The number of aliphatic hydroxyl groups is 1. The van der Waals surface area contributed by atoms with Crippen LogP contribution in [0.5, 0.6) is 0 Å². The first-order valence-electron chi connectivity index (χ1n) is 7.66. The van der Waals surface area contributed by atoms with Crippen LogP contribution in [0.2, 0.25) is 0 Å². The predicted octanol–water partition coefficient (Wildman–Crippen LogP) is 3.54. The summed E-state index contributed by atoms with van der Waals surface area (Å²) < 4.78 is 0. The summed E-state index contributed by atoms with van der Waals surface area (Å²) in [4.78, 5) is 2.51.